The molecule has 1 fully saturated rings. The van der Waals surface area contributed by atoms with Gasteiger partial charge < -0.3 is 14.4 Å². The van der Waals surface area contributed by atoms with E-state index in [0.717, 1.165) is 36.4 Å². The van der Waals surface area contributed by atoms with Crippen molar-refractivity contribution in [1.82, 2.24) is 14.5 Å². The van der Waals surface area contributed by atoms with Gasteiger partial charge in [0.2, 0.25) is 0 Å². The summed E-state index contributed by atoms with van der Waals surface area (Å²) in [6, 6.07) is 15.1. The molecule has 1 saturated heterocycles. The Morgan fingerprint density at radius 3 is 2.53 bits per heavy atom. The van der Waals surface area contributed by atoms with E-state index in [-0.39, 0.29) is 12.6 Å². The molecular formula is C25H32N4O3. The average Bonchev–Trinajstić information content (AvgIpc) is 3.22. The van der Waals surface area contributed by atoms with E-state index in [1.807, 2.05) is 12.4 Å². The number of piperazine rings is 1. The van der Waals surface area contributed by atoms with Crippen molar-refractivity contribution in [3.8, 4) is 5.69 Å². The highest BCUT2D eigenvalue weighted by Gasteiger charge is 2.28. The first-order valence-corrected chi connectivity index (χ1v) is 11.3. The van der Waals surface area contributed by atoms with Crippen LogP contribution in [0.2, 0.25) is 0 Å². The standard InChI is InChI=1S/C25H32N4O3/c1-5-28-18(2)15-27(16-19(28)3)21-7-6-8-22(14-21)29-17-26-23-13-20(9-10-24(23)29)25(30)32-12-11-31-4/h6-10,13-14,17-19H,5,11-12,15-16H2,1-4H3. The predicted octanol–water partition coefficient (Wildman–Crippen LogP) is 3.75. The van der Waals surface area contributed by atoms with Crippen LogP contribution in [0.25, 0.3) is 16.7 Å². The Kier molecular flexibility index (Phi) is 6.77. The zero-order valence-corrected chi connectivity index (χ0v) is 19.3. The monoisotopic (exact) mass is 436 g/mol. The molecule has 2 heterocycles. The van der Waals surface area contributed by atoms with Crippen LogP contribution < -0.4 is 4.90 Å². The van der Waals surface area contributed by atoms with Gasteiger partial charge in [-0.25, -0.2) is 9.78 Å². The Hall–Kier alpha value is -2.90. The minimum atomic E-state index is -0.366. The number of carbonyl (C=O) groups is 1. The molecule has 0 spiro atoms. The first-order valence-electron chi connectivity index (χ1n) is 11.3. The number of carbonyl (C=O) groups excluding carboxylic acids is 1. The van der Waals surface area contributed by atoms with Gasteiger partial charge in [0.25, 0.3) is 0 Å². The third kappa shape index (κ3) is 4.49. The molecule has 0 aliphatic carbocycles. The van der Waals surface area contributed by atoms with Gasteiger partial charge in [-0.2, -0.15) is 0 Å². The molecule has 0 radical (unpaired) electrons. The fourth-order valence-electron chi connectivity index (χ4n) is 4.68. The molecule has 0 saturated carbocycles. The van der Waals surface area contributed by atoms with Gasteiger partial charge in [0.05, 0.1) is 23.2 Å². The second-order valence-corrected chi connectivity index (χ2v) is 8.40. The second-order valence-electron chi connectivity index (χ2n) is 8.40. The van der Waals surface area contributed by atoms with Crippen molar-refractivity contribution in [2.24, 2.45) is 0 Å². The lowest BCUT2D eigenvalue weighted by Gasteiger charge is -2.45. The van der Waals surface area contributed by atoms with Crippen molar-refractivity contribution >= 4 is 22.7 Å². The topological polar surface area (TPSA) is 59.8 Å². The molecule has 0 N–H and O–H groups in total. The van der Waals surface area contributed by atoms with Crippen molar-refractivity contribution in [3.63, 3.8) is 0 Å². The average molecular weight is 437 g/mol. The molecule has 0 bridgehead atoms. The van der Waals surface area contributed by atoms with E-state index in [1.165, 1.54) is 5.69 Å². The van der Waals surface area contributed by atoms with E-state index in [4.69, 9.17) is 9.47 Å². The Morgan fingerprint density at radius 1 is 1.06 bits per heavy atom. The van der Waals surface area contributed by atoms with Gasteiger partial charge in [0.15, 0.2) is 0 Å². The number of methoxy groups -OCH3 is 1. The smallest absolute Gasteiger partial charge is 0.338 e. The Bertz CT molecular complexity index is 1070. The van der Waals surface area contributed by atoms with Crippen molar-refractivity contribution < 1.29 is 14.3 Å². The van der Waals surface area contributed by atoms with Crippen molar-refractivity contribution in [3.05, 3.63) is 54.4 Å². The van der Waals surface area contributed by atoms with Gasteiger partial charge in [-0.1, -0.05) is 13.0 Å². The molecule has 1 aliphatic heterocycles. The van der Waals surface area contributed by atoms with Gasteiger partial charge in [-0.05, 0) is 56.8 Å². The van der Waals surface area contributed by atoms with Crippen molar-refractivity contribution in [1.29, 1.82) is 0 Å². The summed E-state index contributed by atoms with van der Waals surface area (Å²) in [5, 5.41) is 0. The number of ether oxygens (including phenoxy) is 2. The number of esters is 1. The number of nitrogens with zero attached hydrogens (tertiary/aromatic N) is 4. The molecule has 1 aliphatic rings. The van der Waals surface area contributed by atoms with Crippen LogP contribution in [0.1, 0.15) is 31.1 Å². The van der Waals surface area contributed by atoms with Crippen LogP contribution in [-0.2, 0) is 9.47 Å². The highest BCUT2D eigenvalue weighted by Crippen LogP contribution is 2.26. The first kappa shape index (κ1) is 22.3. The number of rotatable bonds is 7. The molecule has 2 atom stereocenters. The number of hydrogen-bond acceptors (Lipinski definition) is 6. The minimum Gasteiger partial charge on any atom is -0.460 e. The van der Waals surface area contributed by atoms with Crippen LogP contribution in [0.15, 0.2) is 48.8 Å². The molecule has 3 aromatic rings. The lowest BCUT2D eigenvalue weighted by Crippen LogP contribution is -2.56. The number of likely N-dealkylation sites (N-methyl/N-ethyl adjacent to an activating group) is 1. The number of aromatic nitrogens is 2. The van der Waals surface area contributed by atoms with E-state index in [0.29, 0.717) is 24.3 Å². The normalized spacial score (nSPS) is 19.4. The van der Waals surface area contributed by atoms with Crippen LogP contribution in [0, 0.1) is 0 Å². The Morgan fingerprint density at radius 2 is 1.81 bits per heavy atom. The zero-order chi connectivity index (χ0) is 22.7. The molecule has 7 heteroatoms. The van der Waals surface area contributed by atoms with Crippen molar-refractivity contribution in [2.75, 3.05) is 44.9 Å². The number of imidazole rings is 1. The quantitative estimate of drug-likeness (QED) is 0.415. The van der Waals surface area contributed by atoms with Crippen LogP contribution in [0.5, 0.6) is 0 Å². The van der Waals surface area contributed by atoms with Crippen LogP contribution >= 0.6 is 0 Å². The summed E-state index contributed by atoms with van der Waals surface area (Å²) >= 11 is 0. The molecule has 2 unspecified atom stereocenters. The molecule has 4 rings (SSSR count). The molecule has 0 amide bonds. The second kappa shape index (κ2) is 9.71. The maximum Gasteiger partial charge on any atom is 0.338 e. The molecule has 1 aromatic heterocycles. The third-order valence-corrected chi connectivity index (χ3v) is 6.24. The largest absolute Gasteiger partial charge is 0.460 e. The molecule has 170 valence electrons. The molecule has 7 nitrogen and oxygen atoms in total. The summed E-state index contributed by atoms with van der Waals surface area (Å²) in [7, 11) is 1.58. The fraction of sp³-hybridized carbons (Fsp3) is 0.440. The minimum absolute atomic E-state index is 0.234. The summed E-state index contributed by atoms with van der Waals surface area (Å²) in [5.41, 5.74) is 4.48. The van der Waals surface area contributed by atoms with Gasteiger partial charge in [0.1, 0.15) is 12.9 Å². The first-order chi connectivity index (χ1) is 15.5. The van der Waals surface area contributed by atoms with Gasteiger partial charge >= 0.3 is 5.97 Å². The SMILES string of the molecule is CCN1C(C)CN(c2cccc(-n3cnc4cc(C(=O)OCCOC)ccc43)c2)CC1C. The summed E-state index contributed by atoms with van der Waals surface area (Å²) in [4.78, 5) is 21.8. The Balaban J connectivity index is 1.57. The summed E-state index contributed by atoms with van der Waals surface area (Å²) in [5.74, 6) is -0.366. The van der Waals surface area contributed by atoms with E-state index in [1.54, 1.807) is 19.2 Å². The lowest BCUT2D eigenvalue weighted by atomic mass is 10.1. The number of anilines is 1. The summed E-state index contributed by atoms with van der Waals surface area (Å²) in [6.07, 6.45) is 1.81. The molecule has 32 heavy (non-hydrogen) atoms. The van der Waals surface area contributed by atoms with Gasteiger partial charge in [-0.15, -0.1) is 0 Å². The Labute approximate surface area is 189 Å². The predicted molar refractivity (Wildman–Crippen MR) is 127 cm³/mol. The number of hydrogen-bond donors (Lipinski definition) is 0. The van der Waals surface area contributed by atoms with E-state index in [9.17, 15) is 4.79 Å². The van der Waals surface area contributed by atoms with E-state index in [2.05, 4.69) is 64.4 Å². The molecule has 2 aromatic carbocycles. The fourth-order valence-corrected chi connectivity index (χ4v) is 4.68. The third-order valence-electron chi connectivity index (χ3n) is 6.24. The summed E-state index contributed by atoms with van der Waals surface area (Å²) < 4.78 is 12.2. The van der Waals surface area contributed by atoms with E-state index >= 15 is 0 Å². The van der Waals surface area contributed by atoms with Crippen molar-refractivity contribution in [2.45, 2.75) is 32.9 Å². The van der Waals surface area contributed by atoms with Crippen LogP contribution in [0.3, 0.4) is 0 Å². The highest BCUT2D eigenvalue weighted by atomic mass is 16.6. The van der Waals surface area contributed by atoms with E-state index < -0.39 is 0 Å². The maximum absolute atomic E-state index is 12.2. The number of benzene rings is 2. The molecular weight excluding hydrogens is 404 g/mol. The maximum atomic E-state index is 12.2. The number of fused-ring (bicyclic) bond motifs is 1. The van der Waals surface area contributed by atoms with Gasteiger partial charge in [-0.3, -0.25) is 9.47 Å². The van der Waals surface area contributed by atoms with Crippen LogP contribution in [-0.4, -0.2) is 72.5 Å². The van der Waals surface area contributed by atoms with Crippen LogP contribution in [0.4, 0.5) is 5.69 Å². The lowest BCUT2D eigenvalue weighted by molar-refractivity contribution is 0.0388. The zero-order valence-electron chi connectivity index (χ0n) is 19.3. The van der Waals surface area contributed by atoms with Gasteiger partial charge in [0, 0.05) is 43.7 Å². The summed E-state index contributed by atoms with van der Waals surface area (Å²) in [6.45, 7) is 10.6. The highest BCUT2D eigenvalue weighted by molar-refractivity contribution is 5.94.